The second kappa shape index (κ2) is 6.54. The van der Waals surface area contributed by atoms with Crippen molar-refractivity contribution in [3.8, 4) is 0 Å². The minimum absolute atomic E-state index is 0.0653. The summed E-state index contributed by atoms with van der Waals surface area (Å²) in [7, 11) is 0. The van der Waals surface area contributed by atoms with Crippen molar-refractivity contribution < 1.29 is 9.59 Å². The predicted octanol–water partition coefficient (Wildman–Crippen LogP) is 3.09. The lowest BCUT2D eigenvalue weighted by Gasteiger charge is -2.29. The molecule has 3 atom stereocenters. The van der Waals surface area contributed by atoms with Gasteiger partial charge in [-0.05, 0) is 43.0 Å². The molecule has 144 valence electrons. The third kappa shape index (κ3) is 2.46. The monoisotopic (exact) mass is 375 g/mol. The minimum atomic E-state index is -0.382. The summed E-state index contributed by atoms with van der Waals surface area (Å²) in [6, 6.07) is 15.8. The highest BCUT2D eigenvalue weighted by molar-refractivity contribution is 6.24. The van der Waals surface area contributed by atoms with Crippen LogP contribution in [0.5, 0.6) is 0 Å². The number of fused-ring (bicyclic) bond motifs is 3. The van der Waals surface area contributed by atoms with Crippen molar-refractivity contribution in [3.05, 3.63) is 65.2 Å². The van der Waals surface area contributed by atoms with Gasteiger partial charge in [-0.15, -0.1) is 0 Å². The number of aryl methyl sites for hydroxylation is 2. The first-order valence-corrected chi connectivity index (χ1v) is 10.2. The summed E-state index contributed by atoms with van der Waals surface area (Å²) in [6.07, 6.45) is 1.96. The van der Waals surface area contributed by atoms with E-state index in [2.05, 4.69) is 48.1 Å². The lowest BCUT2D eigenvalue weighted by atomic mass is 9.89. The SMILES string of the molecule is CCc1ccc(N2C(=O)[C@H]3[C@@H](C2=O)N2CCCN2[C@H]3c2ccc(C)cc2)cc1. The molecule has 0 saturated carbocycles. The summed E-state index contributed by atoms with van der Waals surface area (Å²) >= 11 is 0. The number of nitrogens with zero attached hydrogens (tertiary/aromatic N) is 3. The number of imide groups is 1. The van der Waals surface area contributed by atoms with Gasteiger partial charge in [-0.2, -0.15) is 0 Å². The van der Waals surface area contributed by atoms with Crippen molar-refractivity contribution in [1.29, 1.82) is 0 Å². The van der Waals surface area contributed by atoms with Gasteiger partial charge in [-0.25, -0.2) is 14.9 Å². The normalized spacial score (nSPS) is 27.5. The van der Waals surface area contributed by atoms with Crippen LogP contribution in [0.4, 0.5) is 5.69 Å². The molecule has 5 heteroatoms. The molecule has 3 aliphatic rings. The van der Waals surface area contributed by atoms with E-state index < -0.39 is 0 Å². The van der Waals surface area contributed by atoms with Gasteiger partial charge < -0.3 is 0 Å². The fraction of sp³-hybridized carbons (Fsp3) is 0.391. The van der Waals surface area contributed by atoms with Crippen LogP contribution in [0.15, 0.2) is 48.5 Å². The largest absolute Gasteiger partial charge is 0.274 e. The van der Waals surface area contributed by atoms with Gasteiger partial charge >= 0.3 is 0 Å². The molecule has 0 radical (unpaired) electrons. The molecule has 3 fully saturated rings. The fourth-order valence-electron chi connectivity index (χ4n) is 5.01. The Morgan fingerprint density at radius 1 is 0.857 bits per heavy atom. The van der Waals surface area contributed by atoms with Crippen LogP contribution in [0.25, 0.3) is 0 Å². The summed E-state index contributed by atoms with van der Waals surface area (Å²) in [5, 5.41) is 4.41. The number of hydrazine groups is 1. The van der Waals surface area contributed by atoms with Crippen molar-refractivity contribution in [2.75, 3.05) is 18.0 Å². The maximum atomic E-state index is 13.5. The molecular formula is C23H25N3O2. The van der Waals surface area contributed by atoms with E-state index in [0.717, 1.165) is 31.5 Å². The van der Waals surface area contributed by atoms with Gasteiger partial charge in [0.25, 0.3) is 5.91 Å². The molecule has 0 N–H and O–H groups in total. The van der Waals surface area contributed by atoms with Crippen molar-refractivity contribution in [2.24, 2.45) is 5.92 Å². The summed E-state index contributed by atoms with van der Waals surface area (Å²) in [5.41, 5.74) is 4.21. The zero-order valence-electron chi connectivity index (χ0n) is 16.3. The van der Waals surface area contributed by atoms with E-state index in [-0.39, 0.29) is 29.8 Å². The Balaban J connectivity index is 1.55. The highest BCUT2D eigenvalue weighted by atomic mass is 16.2. The molecule has 0 aromatic heterocycles. The summed E-state index contributed by atoms with van der Waals surface area (Å²) < 4.78 is 0. The Morgan fingerprint density at radius 2 is 1.50 bits per heavy atom. The van der Waals surface area contributed by atoms with Crippen LogP contribution in [-0.4, -0.2) is 41.0 Å². The predicted molar refractivity (Wildman–Crippen MR) is 108 cm³/mol. The third-order valence-electron chi connectivity index (χ3n) is 6.43. The van der Waals surface area contributed by atoms with Crippen LogP contribution in [0.3, 0.4) is 0 Å². The zero-order chi connectivity index (χ0) is 19.4. The first-order chi connectivity index (χ1) is 13.6. The molecule has 2 amide bonds. The molecule has 3 aliphatic heterocycles. The van der Waals surface area contributed by atoms with E-state index in [4.69, 9.17) is 0 Å². The third-order valence-corrected chi connectivity index (χ3v) is 6.43. The molecule has 0 spiro atoms. The van der Waals surface area contributed by atoms with Gasteiger partial charge in [0, 0.05) is 13.1 Å². The van der Waals surface area contributed by atoms with Crippen molar-refractivity contribution in [1.82, 2.24) is 10.0 Å². The van der Waals surface area contributed by atoms with Crippen LogP contribution in [0.2, 0.25) is 0 Å². The molecule has 0 aliphatic carbocycles. The quantitative estimate of drug-likeness (QED) is 0.774. The Hall–Kier alpha value is -2.50. The second-order valence-electron chi connectivity index (χ2n) is 8.04. The number of amides is 2. The first-order valence-electron chi connectivity index (χ1n) is 10.2. The maximum absolute atomic E-state index is 13.5. The maximum Gasteiger partial charge on any atom is 0.253 e. The zero-order valence-corrected chi connectivity index (χ0v) is 16.3. The van der Waals surface area contributed by atoms with Crippen molar-refractivity contribution in [2.45, 2.75) is 38.8 Å². The lowest BCUT2D eigenvalue weighted by Crippen LogP contribution is -2.44. The first kappa shape index (κ1) is 17.6. The van der Waals surface area contributed by atoms with Gasteiger partial charge in [0.15, 0.2) is 0 Å². The smallest absolute Gasteiger partial charge is 0.253 e. The van der Waals surface area contributed by atoms with Crippen molar-refractivity contribution in [3.63, 3.8) is 0 Å². The molecule has 3 saturated heterocycles. The van der Waals surface area contributed by atoms with E-state index in [1.54, 1.807) is 0 Å². The molecule has 28 heavy (non-hydrogen) atoms. The number of carbonyl (C=O) groups excluding carboxylic acids is 2. The number of hydrogen-bond donors (Lipinski definition) is 0. The number of rotatable bonds is 3. The van der Waals surface area contributed by atoms with Crippen LogP contribution in [0.1, 0.15) is 36.1 Å². The topological polar surface area (TPSA) is 43.9 Å². The van der Waals surface area contributed by atoms with Gasteiger partial charge in [0.1, 0.15) is 6.04 Å². The number of anilines is 1. The molecule has 2 aromatic rings. The van der Waals surface area contributed by atoms with Crippen LogP contribution in [0, 0.1) is 12.8 Å². The van der Waals surface area contributed by atoms with Crippen LogP contribution < -0.4 is 4.90 Å². The lowest BCUT2D eigenvalue weighted by molar-refractivity contribution is -0.126. The molecule has 0 bridgehead atoms. The second-order valence-corrected chi connectivity index (χ2v) is 8.04. The van der Waals surface area contributed by atoms with Gasteiger partial charge in [-0.3, -0.25) is 9.59 Å². The number of hydrogen-bond acceptors (Lipinski definition) is 4. The van der Waals surface area contributed by atoms with Gasteiger partial charge in [-0.1, -0.05) is 48.9 Å². The highest BCUT2D eigenvalue weighted by Gasteiger charge is 2.62. The summed E-state index contributed by atoms with van der Waals surface area (Å²) in [6.45, 7) is 5.90. The Bertz CT molecular complexity index is 922. The molecule has 3 heterocycles. The molecule has 5 nitrogen and oxygen atoms in total. The Morgan fingerprint density at radius 3 is 2.14 bits per heavy atom. The van der Waals surface area contributed by atoms with E-state index in [0.29, 0.717) is 5.69 Å². The van der Waals surface area contributed by atoms with Gasteiger partial charge in [0.05, 0.1) is 17.6 Å². The van der Waals surface area contributed by atoms with Gasteiger partial charge in [0.2, 0.25) is 5.91 Å². The molecular weight excluding hydrogens is 350 g/mol. The van der Waals surface area contributed by atoms with E-state index in [1.807, 2.05) is 24.3 Å². The highest BCUT2D eigenvalue weighted by Crippen LogP contribution is 2.48. The Kier molecular flexibility index (Phi) is 4.11. The average molecular weight is 375 g/mol. The number of benzene rings is 2. The average Bonchev–Trinajstić information content (AvgIpc) is 3.35. The molecule has 5 rings (SSSR count). The standard InChI is InChI=1S/C23H25N3O2/c1-3-16-7-11-18(12-8-16)26-22(27)19-20(17-9-5-15(2)6-10-17)24-13-4-14-25(24)21(19)23(26)28/h5-12,19-21H,3-4,13-14H2,1-2H3/t19-,20+,21+/m1/s1. The van der Waals surface area contributed by atoms with E-state index >= 15 is 0 Å². The fourth-order valence-corrected chi connectivity index (χ4v) is 5.01. The van der Waals surface area contributed by atoms with Crippen LogP contribution in [-0.2, 0) is 16.0 Å². The van der Waals surface area contributed by atoms with Crippen molar-refractivity contribution >= 4 is 17.5 Å². The minimum Gasteiger partial charge on any atom is -0.274 e. The number of carbonyl (C=O) groups is 2. The molecule has 0 unspecified atom stereocenters. The van der Waals surface area contributed by atoms with E-state index in [1.165, 1.54) is 16.0 Å². The molecule has 2 aromatic carbocycles. The Labute approximate surface area is 165 Å². The van der Waals surface area contributed by atoms with Crippen LogP contribution >= 0.6 is 0 Å². The summed E-state index contributed by atoms with van der Waals surface area (Å²) in [5.74, 6) is -0.499. The van der Waals surface area contributed by atoms with E-state index in [9.17, 15) is 9.59 Å². The summed E-state index contributed by atoms with van der Waals surface area (Å²) in [4.78, 5) is 28.3.